The monoisotopic (exact) mass is 234 g/mol. The number of hydrogen-bond acceptors (Lipinski definition) is 2. The third-order valence-corrected chi connectivity index (χ3v) is 2.37. The van der Waals surface area contributed by atoms with Crippen LogP contribution in [0.3, 0.4) is 0 Å². The van der Waals surface area contributed by atoms with Crippen LogP contribution in [0, 0.1) is 0 Å². The van der Waals surface area contributed by atoms with Crippen molar-refractivity contribution in [2.24, 2.45) is 0 Å². The maximum Gasteiger partial charge on any atom is 0.313 e. The lowest BCUT2D eigenvalue weighted by Crippen LogP contribution is -2.26. The summed E-state index contributed by atoms with van der Waals surface area (Å²) in [4.78, 5) is 9.98. The van der Waals surface area contributed by atoms with Crippen LogP contribution >= 0.6 is 11.8 Å². The highest BCUT2D eigenvalue weighted by Crippen LogP contribution is 2.28. The summed E-state index contributed by atoms with van der Waals surface area (Å²) < 4.78 is 47.7. The molecule has 0 aliphatic carbocycles. The number of rotatable bonds is 7. The van der Waals surface area contributed by atoms with Gasteiger partial charge in [-0.2, -0.15) is 11.8 Å². The molecule has 0 saturated heterocycles. The highest BCUT2D eigenvalue weighted by molar-refractivity contribution is 7.99. The lowest BCUT2D eigenvalue weighted by atomic mass is 10.2. The van der Waals surface area contributed by atoms with Crippen molar-refractivity contribution in [2.75, 3.05) is 11.5 Å². The molecule has 1 N–H and O–H groups in total. The minimum atomic E-state index is -3.95. The molecule has 84 valence electrons. The Hall–Kier alpha value is -0.460. The van der Waals surface area contributed by atoms with Gasteiger partial charge in [0, 0.05) is 6.42 Å². The van der Waals surface area contributed by atoms with E-state index in [-0.39, 0.29) is 17.9 Å². The van der Waals surface area contributed by atoms with Gasteiger partial charge in [0.25, 0.3) is 0 Å². The molecule has 0 saturated carbocycles. The Morgan fingerprint density at radius 1 is 1.43 bits per heavy atom. The number of hydrogen-bond donors (Lipinski definition) is 1. The van der Waals surface area contributed by atoms with Crippen LogP contribution in [0.5, 0.6) is 0 Å². The number of halogens is 4. The molecule has 0 amide bonds. The highest BCUT2D eigenvalue weighted by atomic mass is 32.2. The summed E-state index contributed by atoms with van der Waals surface area (Å²) >= 11 is 0.936. The van der Waals surface area contributed by atoms with Gasteiger partial charge in [-0.1, -0.05) is 0 Å². The average Bonchev–Trinajstić information content (AvgIpc) is 2.02. The van der Waals surface area contributed by atoms with E-state index in [4.69, 9.17) is 5.11 Å². The fourth-order valence-electron chi connectivity index (χ4n) is 0.679. The zero-order valence-corrected chi connectivity index (χ0v) is 8.00. The predicted molar refractivity (Wildman–Crippen MR) is 45.1 cm³/mol. The van der Waals surface area contributed by atoms with E-state index in [2.05, 4.69) is 0 Å². The topological polar surface area (TPSA) is 37.3 Å². The van der Waals surface area contributed by atoms with Gasteiger partial charge in [0.1, 0.15) is 0 Å². The fraction of sp³-hybridized carbons (Fsp3) is 0.857. The van der Waals surface area contributed by atoms with Gasteiger partial charge in [-0.15, -0.1) is 0 Å². The number of carboxylic acids is 1. The van der Waals surface area contributed by atoms with E-state index in [1.54, 1.807) is 0 Å². The molecule has 0 fully saturated rings. The summed E-state index contributed by atoms with van der Waals surface area (Å²) in [5.41, 5.74) is 0. The Labute approximate surface area is 82.7 Å². The van der Waals surface area contributed by atoms with Crippen molar-refractivity contribution < 1.29 is 27.5 Å². The molecular weight excluding hydrogens is 224 g/mol. The van der Waals surface area contributed by atoms with Gasteiger partial charge in [-0.25, -0.2) is 17.6 Å². The largest absolute Gasteiger partial charge is 0.481 e. The summed E-state index contributed by atoms with van der Waals surface area (Å²) in [5, 5.41) is 8.17. The van der Waals surface area contributed by atoms with Gasteiger partial charge in [0.2, 0.25) is 0 Å². The first-order valence-electron chi connectivity index (χ1n) is 3.82. The molecule has 0 aromatic rings. The summed E-state index contributed by atoms with van der Waals surface area (Å²) in [6, 6.07) is 0. The van der Waals surface area contributed by atoms with Gasteiger partial charge in [-0.05, 0) is 12.2 Å². The summed E-state index contributed by atoms with van der Waals surface area (Å²) in [6.45, 7) is 0. The van der Waals surface area contributed by atoms with Crippen LogP contribution in [0.1, 0.15) is 12.8 Å². The van der Waals surface area contributed by atoms with Crippen molar-refractivity contribution in [3.05, 3.63) is 0 Å². The van der Waals surface area contributed by atoms with E-state index in [0.717, 1.165) is 11.8 Å². The number of carboxylic acid groups (broad SMARTS) is 1. The van der Waals surface area contributed by atoms with Gasteiger partial charge >= 0.3 is 18.3 Å². The molecule has 0 spiro atoms. The number of aliphatic carboxylic acids is 1. The smallest absolute Gasteiger partial charge is 0.313 e. The number of thioether (sulfide) groups is 1. The van der Waals surface area contributed by atoms with E-state index >= 15 is 0 Å². The summed E-state index contributed by atoms with van der Waals surface area (Å²) in [5.74, 6) is -5.05. The van der Waals surface area contributed by atoms with Gasteiger partial charge in [-0.3, -0.25) is 4.79 Å². The Morgan fingerprint density at radius 3 is 2.43 bits per heavy atom. The molecule has 0 heterocycles. The van der Waals surface area contributed by atoms with Crippen molar-refractivity contribution in [1.29, 1.82) is 0 Å². The third-order valence-electron chi connectivity index (χ3n) is 1.34. The molecule has 0 bridgehead atoms. The number of alkyl halides is 4. The Kier molecular flexibility index (Phi) is 5.90. The van der Waals surface area contributed by atoms with Crippen molar-refractivity contribution in [3.63, 3.8) is 0 Å². The maximum absolute atomic E-state index is 12.3. The Bertz CT molecular complexity index is 187. The molecule has 0 aliphatic heterocycles. The van der Waals surface area contributed by atoms with E-state index in [0.29, 0.717) is 0 Å². The molecule has 0 atom stereocenters. The van der Waals surface area contributed by atoms with Crippen molar-refractivity contribution in [2.45, 2.75) is 25.2 Å². The zero-order chi connectivity index (χ0) is 11.2. The molecular formula is C7H10F4O2S. The van der Waals surface area contributed by atoms with Crippen molar-refractivity contribution >= 4 is 17.7 Å². The first kappa shape index (κ1) is 13.5. The first-order chi connectivity index (χ1) is 6.36. The first-order valence-corrected chi connectivity index (χ1v) is 4.97. The quantitative estimate of drug-likeness (QED) is 0.543. The van der Waals surface area contributed by atoms with E-state index < -0.39 is 24.7 Å². The molecule has 7 heteroatoms. The van der Waals surface area contributed by atoms with E-state index in [9.17, 15) is 22.4 Å². The second-order valence-electron chi connectivity index (χ2n) is 2.61. The average molecular weight is 234 g/mol. The Balaban J connectivity index is 3.49. The molecule has 0 aromatic carbocycles. The lowest BCUT2D eigenvalue weighted by molar-refractivity contribution is -0.133. The zero-order valence-electron chi connectivity index (χ0n) is 7.18. The SMILES string of the molecule is O=C(O)CSCCCC(F)(F)C(F)F. The molecule has 0 aromatic heterocycles. The normalized spacial score (nSPS) is 12.1. The fourth-order valence-corrected chi connectivity index (χ4v) is 1.35. The summed E-state index contributed by atoms with van der Waals surface area (Å²) in [6.07, 6.45) is -4.67. The van der Waals surface area contributed by atoms with Crippen LogP contribution in [-0.4, -0.2) is 34.9 Å². The number of carbonyl (C=O) groups is 1. The minimum absolute atomic E-state index is 0.116. The van der Waals surface area contributed by atoms with Crippen LogP contribution in [0.2, 0.25) is 0 Å². The van der Waals surface area contributed by atoms with E-state index in [1.807, 2.05) is 0 Å². The second-order valence-corrected chi connectivity index (χ2v) is 3.72. The van der Waals surface area contributed by atoms with Crippen LogP contribution in [0.15, 0.2) is 0 Å². The van der Waals surface area contributed by atoms with Crippen LogP contribution in [0.25, 0.3) is 0 Å². The van der Waals surface area contributed by atoms with Gasteiger partial charge in [0.05, 0.1) is 5.75 Å². The highest BCUT2D eigenvalue weighted by Gasteiger charge is 2.39. The van der Waals surface area contributed by atoms with Crippen molar-refractivity contribution in [1.82, 2.24) is 0 Å². The standard InChI is InChI=1S/C7H10F4O2S/c8-6(9)7(10,11)2-1-3-14-4-5(12)13/h6H,1-4H2,(H,12,13). The summed E-state index contributed by atoms with van der Waals surface area (Å²) in [7, 11) is 0. The van der Waals surface area contributed by atoms with Crippen LogP contribution in [0.4, 0.5) is 17.6 Å². The molecule has 0 rings (SSSR count). The van der Waals surface area contributed by atoms with Crippen LogP contribution in [-0.2, 0) is 4.79 Å². The molecule has 0 unspecified atom stereocenters. The molecule has 2 nitrogen and oxygen atoms in total. The van der Waals surface area contributed by atoms with E-state index in [1.165, 1.54) is 0 Å². The van der Waals surface area contributed by atoms with Crippen molar-refractivity contribution in [3.8, 4) is 0 Å². The van der Waals surface area contributed by atoms with Gasteiger partial charge < -0.3 is 5.11 Å². The predicted octanol–water partition coefficient (Wildman–Crippen LogP) is 2.48. The molecule has 14 heavy (non-hydrogen) atoms. The maximum atomic E-state index is 12.3. The van der Waals surface area contributed by atoms with Crippen LogP contribution < -0.4 is 0 Å². The lowest BCUT2D eigenvalue weighted by Gasteiger charge is -2.14. The molecule has 0 aliphatic rings. The Morgan fingerprint density at radius 2 is 2.00 bits per heavy atom. The minimum Gasteiger partial charge on any atom is -0.481 e. The molecule has 0 radical (unpaired) electrons. The second kappa shape index (κ2) is 6.10. The third kappa shape index (κ3) is 6.06. The van der Waals surface area contributed by atoms with Gasteiger partial charge in [0.15, 0.2) is 0 Å².